The highest BCUT2D eigenvalue weighted by atomic mass is 32.1. The summed E-state index contributed by atoms with van der Waals surface area (Å²) in [5.74, 6) is 0. The van der Waals surface area contributed by atoms with Crippen LogP contribution in [0.3, 0.4) is 0 Å². The van der Waals surface area contributed by atoms with Crippen molar-refractivity contribution in [1.82, 2.24) is 4.98 Å². The number of rotatable bonds is 6. The van der Waals surface area contributed by atoms with Crippen molar-refractivity contribution in [1.29, 1.82) is 0 Å². The number of aromatic nitrogens is 1. The van der Waals surface area contributed by atoms with Crippen LogP contribution in [0.25, 0.3) is 74.0 Å². The number of thiophene rings is 1. The molecule has 0 aliphatic carbocycles. The van der Waals surface area contributed by atoms with Gasteiger partial charge >= 0.3 is 0 Å². The molecule has 51 heavy (non-hydrogen) atoms. The molecule has 10 rings (SSSR count). The van der Waals surface area contributed by atoms with Crippen LogP contribution in [0, 0.1) is 0 Å². The lowest BCUT2D eigenvalue weighted by Gasteiger charge is -2.26. The molecule has 10 aromatic rings. The van der Waals surface area contributed by atoms with Gasteiger partial charge in [-0.05, 0) is 75.5 Å². The van der Waals surface area contributed by atoms with E-state index in [-0.39, 0.29) is 0 Å². The number of hydrogen-bond donors (Lipinski definition) is 0. The second-order valence-electron chi connectivity index (χ2n) is 12.8. The number of thiazole rings is 1. The van der Waals surface area contributed by atoms with Crippen molar-refractivity contribution in [3.63, 3.8) is 0 Å². The van der Waals surface area contributed by atoms with E-state index in [0.717, 1.165) is 27.5 Å². The van der Waals surface area contributed by atoms with Gasteiger partial charge in [0.05, 0.1) is 20.6 Å². The molecule has 0 amide bonds. The van der Waals surface area contributed by atoms with Crippen LogP contribution in [0.1, 0.15) is 0 Å². The molecule has 0 fully saturated rings. The second kappa shape index (κ2) is 12.4. The molecule has 0 N–H and O–H groups in total. The Morgan fingerprint density at radius 2 is 1.02 bits per heavy atom. The summed E-state index contributed by atoms with van der Waals surface area (Å²) in [6.45, 7) is 0. The van der Waals surface area contributed by atoms with E-state index in [1.165, 1.54) is 63.6 Å². The Morgan fingerprint density at radius 3 is 1.75 bits per heavy atom. The van der Waals surface area contributed by atoms with Crippen molar-refractivity contribution in [2.24, 2.45) is 0 Å². The Balaban J connectivity index is 1.12. The molecular formula is C47H30N2S2. The van der Waals surface area contributed by atoms with Crippen LogP contribution in [-0.2, 0) is 0 Å². The van der Waals surface area contributed by atoms with Gasteiger partial charge in [-0.25, -0.2) is 4.98 Å². The Morgan fingerprint density at radius 1 is 0.412 bits per heavy atom. The lowest BCUT2D eigenvalue weighted by Crippen LogP contribution is -2.10. The summed E-state index contributed by atoms with van der Waals surface area (Å²) in [5, 5.41) is 6.05. The maximum atomic E-state index is 5.15. The quantitative estimate of drug-likeness (QED) is 0.173. The van der Waals surface area contributed by atoms with Gasteiger partial charge in [0.2, 0.25) is 0 Å². The van der Waals surface area contributed by atoms with Gasteiger partial charge in [-0.1, -0.05) is 140 Å². The van der Waals surface area contributed by atoms with Crippen LogP contribution in [0.2, 0.25) is 0 Å². The Labute approximate surface area is 304 Å². The molecule has 0 saturated carbocycles. The van der Waals surface area contributed by atoms with Gasteiger partial charge in [-0.2, -0.15) is 0 Å². The summed E-state index contributed by atoms with van der Waals surface area (Å²) in [6.07, 6.45) is 0. The first kappa shape index (κ1) is 29.8. The third-order valence-corrected chi connectivity index (χ3v) is 12.0. The summed E-state index contributed by atoms with van der Waals surface area (Å²) in [6, 6.07) is 65.5. The summed E-state index contributed by atoms with van der Waals surface area (Å²) >= 11 is 3.66. The molecule has 4 heteroatoms. The molecule has 2 nitrogen and oxygen atoms in total. The van der Waals surface area contributed by atoms with Gasteiger partial charge in [-0.3, -0.25) is 0 Å². The molecule has 0 aliphatic heterocycles. The molecule has 8 aromatic carbocycles. The van der Waals surface area contributed by atoms with Gasteiger partial charge in [0.1, 0.15) is 5.01 Å². The van der Waals surface area contributed by atoms with Gasteiger partial charge in [0.15, 0.2) is 0 Å². The van der Waals surface area contributed by atoms with Gasteiger partial charge in [-0.15, -0.1) is 22.7 Å². The van der Waals surface area contributed by atoms with Crippen molar-refractivity contribution in [3.05, 3.63) is 182 Å². The summed E-state index contributed by atoms with van der Waals surface area (Å²) < 4.78 is 3.78. The minimum atomic E-state index is 1.04. The SMILES string of the molecule is c1ccc(-c2ccc(-c3nc4ccc5sc6c(N(c7ccc(-c8ccccc8)cc7)c7ccc8ccccc8c7)cccc6c5c4s3)cc2)cc1. The first-order chi connectivity index (χ1) is 25.3. The molecule has 0 unspecified atom stereocenters. The van der Waals surface area contributed by atoms with E-state index in [1.807, 2.05) is 11.3 Å². The molecule has 2 aromatic heterocycles. The molecule has 0 spiro atoms. The monoisotopic (exact) mass is 686 g/mol. The summed E-state index contributed by atoms with van der Waals surface area (Å²) in [5.41, 5.74) is 10.5. The summed E-state index contributed by atoms with van der Waals surface area (Å²) in [4.78, 5) is 7.57. The lowest BCUT2D eigenvalue weighted by atomic mass is 10.0. The fourth-order valence-corrected chi connectivity index (χ4v) is 9.58. The first-order valence-electron chi connectivity index (χ1n) is 17.1. The van der Waals surface area contributed by atoms with Gasteiger partial charge < -0.3 is 4.90 Å². The molecule has 2 heterocycles. The maximum Gasteiger partial charge on any atom is 0.124 e. The first-order valence-corrected chi connectivity index (χ1v) is 18.8. The summed E-state index contributed by atoms with van der Waals surface area (Å²) in [7, 11) is 0. The highest BCUT2D eigenvalue weighted by molar-refractivity contribution is 7.28. The predicted octanol–water partition coefficient (Wildman–Crippen LogP) is 14.3. The maximum absolute atomic E-state index is 5.15. The lowest BCUT2D eigenvalue weighted by molar-refractivity contribution is 1.31. The van der Waals surface area contributed by atoms with E-state index in [1.54, 1.807) is 11.3 Å². The fraction of sp³-hybridized carbons (Fsp3) is 0. The minimum Gasteiger partial charge on any atom is -0.309 e. The molecule has 240 valence electrons. The van der Waals surface area contributed by atoms with E-state index in [4.69, 9.17) is 4.98 Å². The zero-order chi connectivity index (χ0) is 33.7. The van der Waals surface area contributed by atoms with Crippen LogP contribution in [0.5, 0.6) is 0 Å². The number of benzene rings is 8. The van der Waals surface area contributed by atoms with Crippen LogP contribution in [0.4, 0.5) is 17.1 Å². The van der Waals surface area contributed by atoms with E-state index in [2.05, 4.69) is 187 Å². The molecular weight excluding hydrogens is 657 g/mol. The number of hydrogen-bond acceptors (Lipinski definition) is 4. The van der Waals surface area contributed by atoms with Crippen molar-refractivity contribution >= 4 is 80.9 Å². The third-order valence-electron chi connectivity index (χ3n) is 9.70. The Bertz CT molecular complexity index is 2840. The molecule has 0 bridgehead atoms. The van der Waals surface area contributed by atoms with Crippen molar-refractivity contribution in [2.75, 3.05) is 4.90 Å². The van der Waals surface area contributed by atoms with Crippen molar-refractivity contribution in [3.8, 4) is 32.8 Å². The fourth-order valence-electron chi connectivity index (χ4n) is 7.16. The molecule has 0 aliphatic rings. The molecule has 0 radical (unpaired) electrons. The Hall–Kier alpha value is -6.07. The topological polar surface area (TPSA) is 16.1 Å². The van der Waals surface area contributed by atoms with E-state index < -0.39 is 0 Å². The average Bonchev–Trinajstić information content (AvgIpc) is 3.81. The average molecular weight is 687 g/mol. The zero-order valence-electron chi connectivity index (χ0n) is 27.5. The highest BCUT2D eigenvalue weighted by Gasteiger charge is 2.21. The standard InChI is InChI=1S/C47H30N2S2/c1-3-10-31(11-4-1)34-18-20-36(21-19-34)47-48-41-28-29-43-44(46(41)51-47)40-16-9-17-42(45(40)50-43)49(39-27-24-33-14-7-8-15-37(33)30-39)38-25-22-35(23-26-38)32-12-5-2-6-13-32/h1-30H. The highest BCUT2D eigenvalue weighted by Crippen LogP contribution is 2.48. The van der Waals surface area contributed by atoms with Gasteiger partial charge in [0.25, 0.3) is 0 Å². The van der Waals surface area contributed by atoms with Crippen LogP contribution >= 0.6 is 22.7 Å². The number of nitrogens with zero attached hydrogens (tertiary/aromatic N) is 2. The van der Waals surface area contributed by atoms with E-state index in [0.29, 0.717) is 0 Å². The normalized spacial score (nSPS) is 11.5. The zero-order valence-corrected chi connectivity index (χ0v) is 29.2. The molecule has 0 saturated heterocycles. The van der Waals surface area contributed by atoms with Crippen LogP contribution in [0.15, 0.2) is 182 Å². The largest absolute Gasteiger partial charge is 0.309 e. The third kappa shape index (κ3) is 5.28. The van der Waals surface area contributed by atoms with Crippen molar-refractivity contribution < 1.29 is 0 Å². The number of anilines is 3. The number of fused-ring (bicyclic) bond motifs is 6. The smallest absolute Gasteiger partial charge is 0.124 e. The van der Waals surface area contributed by atoms with Gasteiger partial charge in [0, 0.05) is 32.4 Å². The van der Waals surface area contributed by atoms with E-state index in [9.17, 15) is 0 Å². The van der Waals surface area contributed by atoms with Crippen LogP contribution < -0.4 is 4.90 Å². The van der Waals surface area contributed by atoms with E-state index >= 15 is 0 Å². The second-order valence-corrected chi connectivity index (χ2v) is 14.8. The minimum absolute atomic E-state index is 1.04. The predicted molar refractivity (Wildman–Crippen MR) is 221 cm³/mol. The Kier molecular flexibility index (Phi) is 7.23. The van der Waals surface area contributed by atoms with Crippen LogP contribution in [-0.4, -0.2) is 4.98 Å². The van der Waals surface area contributed by atoms with Crippen molar-refractivity contribution in [2.45, 2.75) is 0 Å². The molecule has 0 atom stereocenters.